The molecule has 2 aromatic carbocycles. The molecular formula is C17H18O4. The topological polar surface area (TPSA) is 47.9 Å². The van der Waals surface area contributed by atoms with Crippen molar-refractivity contribution in [1.82, 2.24) is 0 Å². The molecule has 3 rings (SSSR count). The Kier molecular flexibility index (Phi) is 4.26. The van der Waals surface area contributed by atoms with Gasteiger partial charge in [0.1, 0.15) is 12.4 Å². The van der Waals surface area contributed by atoms with Crippen LogP contribution in [0.1, 0.15) is 17.5 Å². The van der Waals surface area contributed by atoms with Gasteiger partial charge in [-0.15, -0.1) is 0 Å². The van der Waals surface area contributed by atoms with Gasteiger partial charge in [0, 0.05) is 12.7 Å². The van der Waals surface area contributed by atoms with Crippen molar-refractivity contribution in [2.24, 2.45) is 0 Å². The van der Waals surface area contributed by atoms with Crippen LogP contribution in [0, 0.1) is 0 Å². The Hall–Kier alpha value is -2.20. The van der Waals surface area contributed by atoms with E-state index < -0.39 is 0 Å². The van der Waals surface area contributed by atoms with Crippen molar-refractivity contribution in [1.29, 1.82) is 0 Å². The molecule has 0 radical (unpaired) electrons. The van der Waals surface area contributed by atoms with E-state index in [1.54, 1.807) is 0 Å². The SMILES string of the molecule is OCCCc1cc2c(cc1OCc1ccccc1)OCO2. The summed E-state index contributed by atoms with van der Waals surface area (Å²) in [6, 6.07) is 13.8. The second-order valence-electron chi connectivity index (χ2n) is 4.91. The first-order valence-electron chi connectivity index (χ1n) is 7.07. The van der Waals surface area contributed by atoms with Gasteiger partial charge in [-0.05, 0) is 30.0 Å². The summed E-state index contributed by atoms with van der Waals surface area (Å²) >= 11 is 0. The van der Waals surface area contributed by atoms with Gasteiger partial charge in [0.2, 0.25) is 6.79 Å². The molecule has 0 bridgehead atoms. The lowest BCUT2D eigenvalue weighted by Crippen LogP contribution is -2.00. The highest BCUT2D eigenvalue weighted by atomic mass is 16.7. The first kappa shape index (κ1) is 13.8. The highest BCUT2D eigenvalue weighted by Crippen LogP contribution is 2.38. The van der Waals surface area contributed by atoms with Gasteiger partial charge < -0.3 is 19.3 Å². The molecule has 4 nitrogen and oxygen atoms in total. The number of aliphatic hydroxyl groups excluding tert-OH is 1. The van der Waals surface area contributed by atoms with E-state index in [2.05, 4.69) is 0 Å². The molecule has 0 aromatic heterocycles. The molecule has 1 aliphatic heterocycles. The molecular weight excluding hydrogens is 268 g/mol. The van der Waals surface area contributed by atoms with Gasteiger partial charge >= 0.3 is 0 Å². The Bertz CT molecular complexity index is 595. The molecule has 0 fully saturated rings. The largest absolute Gasteiger partial charge is 0.488 e. The molecule has 1 aliphatic rings. The van der Waals surface area contributed by atoms with E-state index in [0.29, 0.717) is 18.8 Å². The molecule has 2 aromatic rings. The van der Waals surface area contributed by atoms with E-state index in [1.165, 1.54) is 0 Å². The highest BCUT2D eigenvalue weighted by molar-refractivity contribution is 5.52. The quantitative estimate of drug-likeness (QED) is 0.887. The van der Waals surface area contributed by atoms with Crippen molar-refractivity contribution in [2.75, 3.05) is 13.4 Å². The molecule has 110 valence electrons. The van der Waals surface area contributed by atoms with E-state index in [9.17, 15) is 0 Å². The third-order valence-electron chi connectivity index (χ3n) is 3.40. The summed E-state index contributed by atoms with van der Waals surface area (Å²) in [5.41, 5.74) is 2.15. The first-order valence-corrected chi connectivity index (χ1v) is 7.07. The lowest BCUT2D eigenvalue weighted by Gasteiger charge is -2.12. The number of ether oxygens (including phenoxy) is 3. The van der Waals surface area contributed by atoms with Crippen LogP contribution >= 0.6 is 0 Å². The number of hydrogen-bond donors (Lipinski definition) is 1. The van der Waals surface area contributed by atoms with Crippen LogP contribution in [0.3, 0.4) is 0 Å². The van der Waals surface area contributed by atoms with E-state index in [0.717, 1.165) is 29.0 Å². The monoisotopic (exact) mass is 286 g/mol. The zero-order valence-corrected chi connectivity index (χ0v) is 11.7. The van der Waals surface area contributed by atoms with Gasteiger partial charge in [0.25, 0.3) is 0 Å². The predicted octanol–water partition coefficient (Wildman–Crippen LogP) is 2.92. The number of hydrogen-bond acceptors (Lipinski definition) is 4. The van der Waals surface area contributed by atoms with Gasteiger partial charge in [0.05, 0.1) is 0 Å². The minimum atomic E-state index is 0.159. The van der Waals surface area contributed by atoms with Crippen LogP contribution in [0.15, 0.2) is 42.5 Å². The highest BCUT2D eigenvalue weighted by Gasteiger charge is 2.18. The fourth-order valence-corrected chi connectivity index (χ4v) is 2.30. The smallest absolute Gasteiger partial charge is 0.231 e. The van der Waals surface area contributed by atoms with E-state index in [-0.39, 0.29) is 13.4 Å². The molecule has 0 amide bonds. The normalized spacial score (nSPS) is 12.4. The number of aliphatic hydroxyl groups is 1. The van der Waals surface area contributed by atoms with Gasteiger partial charge in [-0.2, -0.15) is 0 Å². The lowest BCUT2D eigenvalue weighted by molar-refractivity contribution is 0.173. The minimum absolute atomic E-state index is 0.159. The van der Waals surface area contributed by atoms with E-state index in [1.807, 2.05) is 42.5 Å². The summed E-state index contributed by atoms with van der Waals surface area (Å²) in [4.78, 5) is 0. The fourth-order valence-electron chi connectivity index (χ4n) is 2.30. The van der Waals surface area contributed by atoms with Crippen LogP contribution in [-0.4, -0.2) is 18.5 Å². The number of benzene rings is 2. The van der Waals surface area contributed by atoms with Gasteiger partial charge in [-0.1, -0.05) is 30.3 Å². The van der Waals surface area contributed by atoms with Crippen LogP contribution in [0.4, 0.5) is 0 Å². The zero-order chi connectivity index (χ0) is 14.5. The molecule has 0 saturated heterocycles. The maximum absolute atomic E-state index is 9.02. The second-order valence-corrected chi connectivity index (χ2v) is 4.91. The third kappa shape index (κ3) is 3.28. The standard InChI is InChI=1S/C17H18O4/c18-8-4-7-14-9-16-17(21-12-20-16)10-15(14)19-11-13-5-2-1-3-6-13/h1-3,5-6,9-10,18H,4,7-8,11-12H2. The molecule has 0 aliphatic carbocycles. The maximum Gasteiger partial charge on any atom is 0.231 e. The zero-order valence-electron chi connectivity index (χ0n) is 11.7. The minimum Gasteiger partial charge on any atom is -0.488 e. The molecule has 21 heavy (non-hydrogen) atoms. The Morgan fingerprint density at radius 2 is 1.81 bits per heavy atom. The first-order chi connectivity index (χ1) is 10.4. The van der Waals surface area contributed by atoms with Gasteiger partial charge in [0.15, 0.2) is 11.5 Å². The Morgan fingerprint density at radius 3 is 2.57 bits per heavy atom. The summed E-state index contributed by atoms with van der Waals surface area (Å²) in [5, 5.41) is 9.02. The van der Waals surface area contributed by atoms with Crippen molar-refractivity contribution in [2.45, 2.75) is 19.4 Å². The van der Waals surface area contributed by atoms with Crippen molar-refractivity contribution < 1.29 is 19.3 Å². The average molecular weight is 286 g/mol. The number of aryl methyl sites for hydroxylation is 1. The molecule has 0 saturated carbocycles. The third-order valence-corrected chi connectivity index (χ3v) is 3.40. The van der Waals surface area contributed by atoms with Crippen LogP contribution in [0.25, 0.3) is 0 Å². The summed E-state index contributed by atoms with van der Waals surface area (Å²) in [6.45, 7) is 0.913. The molecule has 0 unspecified atom stereocenters. The number of rotatable bonds is 6. The van der Waals surface area contributed by atoms with Crippen molar-refractivity contribution in [3.63, 3.8) is 0 Å². The Labute approximate surface area is 123 Å². The van der Waals surface area contributed by atoms with E-state index >= 15 is 0 Å². The second kappa shape index (κ2) is 6.50. The maximum atomic E-state index is 9.02. The number of fused-ring (bicyclic) bond motifs is 1. The summed E-state index contributed by atoms with van der Waals surface area (Å²) < 4.78 is 16.7. The van der Waals surface area contributed by atoms with Crippen LogP contribution < -0.4 is 14.2 Å². The molecule has 4 heteroatoms. The Balaban J connectivity index is 1.78. The lowest BCUT2D eigenvalue weighted by atomic mass is 10.1. The van der Waals surface area contributed by atoms with Crippen LogP contribution in [-0.2, 0) is 13.0 Å². The van der Waals surface area contributed by atoms with Crippen LogP contribution in [0.5, 0.6) is 17.2 Å². The van der Waals surface area contributed by atoms with Crippen molar-refractivity contribution in [3.05, 3.63) is 53.6 Å². The average Bonchev–Trinajstić information content (AvgIpc) is 2.98. The molecule has 1 N–H and O–H groups in total. The molecule has 0 atom stereocenters. The summed E-state index contributed by atoms with van der Waals surface area (Å²) in [7, 11) is 0. The fraction of sp³-hybridized carbons (Fsp3) is 0.294. The van der Waals surface area contributed by atoms with Crippen LogP contribution in [0.2, 0.25) is 0 Å². The van der Waals surface area contributed by atoms with E-state index in [4.69, 9.17) is 19.3 Å². The van der Waals surface area contributed by atoms with Crippen molar-refractivity contribution >= 4 is 0 Å². The van der Waals surface area contributed by atoms with Gasteiger partial charge in [-0.25, -0.2) is 0 Å². The summed E-state index contributed by atoms with van der Waals surface area (Å²) in [6.07, 6.45) is 1.44. The predicted molar refractivity (Wildman–Crippen MR) is 78.7 cm³/mol. The summed E-state index contributed by atoms with van der Waals surface area (Å²) in [5.74, 6) is 2.25. The molecule has 1 heterocycles. The van der Waals surface area contributed by atoms with Gasteiger partial charge in [-0.3, -0.25) is 0 Å². The molecule has 0 spiro atoms. The Morgan fingerprint density at radius 1 is 1.05 bits per heavy atom. The van der Waals surface area contributed by atoms with Crippen molar-refractivity contribution in [3.8, 4) is 17.2 Å².